The SMILES string of the molecule is CCc1ccc(NCC(=O)Nc2ccc3c(c2)OCCO3)cc1. The third-order valence-corrected chi connectivity index (χ3v) is 3.64. The lowest BCUT2D eigenvalue weighted by atomic mass is 10.1. The van der Waals surface area contributed by atoms with Gasteiger partial charge in [0.1, 0.15) is 13.2 Å². The van der Waals surface area contributed by atoms with Crippen molar-refractivity contribution in [1.29, 1.82) is 0 Å². The molecule has 0 bridgehead atoms. The van der Waals surface area contributed by atoms with Crippen LogP contribution in [0.15, 0.2) is 42.5 Å². The highest BCUT2D eigenvalue weighted by Crippen LogP contribution is 2.32. The van der Waals surface area contributed by atoms with Crippen LogP contribution in [0.4, 0.5) is 11.4 Å². The number of rotatable bonds is 5. The fourth-order valence-electron chi connectivity index (χ4n) is 2.37. The van der Waals surface area contributed by atoms with Crippen LogP contribution in [-0.2, 0) is 11.2 Å². The summed E-state index contributed by atoms with van der Waals surface area (Å²) >= 11 is 0. The van der Waals surface area contributed by atoms with Gasteiger partial charge in [0.2, 0.25) is 5.91 Å². The Balaban J connectivity index is 1.54. The lowest BCUT2D eigenvalue weighted by molar-refractivity contribution is -0.114. The summed E-state index contributed by atoms with van der Waals surface area (Å²) in [5.74, 6) is 1.27. The van der Waals surface area contributed by atoms with E-state index in [1.54, 1.807) is 18.2 Å². The molecule has 23 heavy (non-hydrogen) atoms. The van der Waals surface area contributed by atoms with Gasteiger partial charge in [-0.25, -0.2) is 0 Å². The molecule has 3 rings (SSSR count). The van der Waals surface area contributed by atoms with Crippen LogP contribution in [0.5, 0.6) is 11.5 Å². The molecule has 0 atom stereocenters. The van der Waals surface area contributed by atoms with Crippen molar-refractivity contribution in [3.8, 4) is 11.5 Å². The summed E-state index contributed by atoms with van der Waals surface area (Å²) in [7, 11) is 0. The number of anilines is 2. The van der Waals surface area contributed by atoms with Gasteiger partial charge in [-0.3, -0.25) is 4.79 Å². The Morgan fingerprint density at radius 3 is 2.43 bits per heavy atom. The van der Waals surface area contributed by atoms with Crippen molar-refractivity contribution in [2.24, 2.45) is 0 Å². The maximum Gasteiger partial charge on any atom is 0.243 e. The van der Waals surface area contributed by atoms with E-state index in [9.17, 15) is 4.79 Å². The van der Waals surface area contributed by atoms with Crippen LogP contribution in [-0.4, -0.2) is 25.7 Å². The molecule has 0 spiro atoms. The summed E-state index contributed by atoms with van der Waals surface area (Å²) in [6.45, 7) is 3.41. The van der Waals surface area contributed by atoms with Gasteiger partial charge in [-0.2, -0.15) is 0 Å². The monoisotopic (exact) mass is 312 g/mol. The van der Waals surface area contributed by atoms with E-state index >= 15 is 0 Å². The lowest BCUT2D eigenvalue weighted by Crippen LogP contribution is -2.22. The first-order valence-electron chi connectivity index (χ1n) is 7.77. The second-order valence-electron chi connectivity index (χ2n) is 5.31. The minimum absolute atomic E-state index is 0.110. The zero-order valence-corrected chi connectivity index (χ0v) is 13.1. The van der Waals surface area contributed by atoms with E-state index in [1.165, 1.54) is 5.56 Å². The van der Waals surface area contributed by atoms with E-state index in [1.807, 2.05) is 12.1 Å². The number of amides is 1. The number of aryl methyl sites for hydroxylation is 1. The summed E-state index contributed by atoms with van der Waals surface area (Å²) in [4.78, 5) is 12.0. The van der Waals surface area contributed by atoms with Crippen molar-refractivity contribution in [2.75, 3.05) is 30.4 Å². The molecule has 2 N–H and O–H groups in total. The summed E-state index contributed by atoms with van der Waals surface area (Å²) in [6, 6.07) is 13.5. The zero-order chi connectivity index (χ0) is 16.1. The average Bonchev–Trinajstić information content (AvgIpc) is 2.60. The number of benzene rings is 2. The van der Waals surface area contributed by atoms with E-state index in [0.717, 1.165) is 12.1 Å². The smallest absolute Gasteiger partial charge is 0.243 e. The molecule has 1 heterocycles. The molecule has 1 aliphatic rings. The van der Waals surface area contributed by atoms with Crippen LogP contribution < -0.4 is 20.1 Å². The number of carbonyl (C=O) groups is 1. The molecule has 1 aliphatic heterocycles. The van der Waals surface area contributed by atoms with E-state index in [4.69, 9.17) is 9.47 Å². The molecule has 0 unspecified atom stereocenters. The summed E-state index contributed by atoms with van der Waals surface area (Å²) in [5, 5.41) is 5.96. The van der Waals surface area contributed by atoms with Gasteiger partial charge >= 0.3 is 0 Å². The van der Waals surface area contributed by atoms with E-state index in [2.05, 4.69) is 29.7 Å². The minimum Gasteiger partial charge on any atom is -0.486 e. The zero-order valence-electron chi connectivity index (χ0n) is 13.1. The summed E-state index contributed by atoms with van der Waals surface area (Å²) in [6.07, 6.45) is 1.00. The molecule has 5 heteroatoms. The second kappa shape index (κ2) is 7.05. The molecular formula is C18H20N2O3. The van der Waals surface area contributed by atoms with Gasteiger partial charge in [0, 0.05) is 17.4 Å². The molecule has 2 aromatic rings. The van der Waals surface area contributed by atoms with E-state index < -0.39 is 0 Å². The Morgan fingerprint density at radius 2 is 1.70 bits per heavy atom. The van der Waals surface area contributed by atoms with Crippen LogP contribution in [0.3, 0.4) is 0 Å². The van der Waals surface area contributed by atoms with Crippen LogP contribution >= 0.6 is 0 Å². The van der Waals surface area contributed by atoms with Gasteiger partial charge in [-0.05, 0) is 36.2 Å². The number of hydrogen-bond acceptors (Lipinski definition) is 4. The normalized spacial score (nSPS) is 12.6. The first kappa shape index (κ1) is 15.2. The van der Waals surface area contributed by atoms with Crippen molar-refractivity contribution in [2.45, 2.75) is 13.3 Å². The minimum atomic E-state index is -0.110. The fourth-order valence-corrected chi connectivity index (χ4v) is 2.37. The van der Waals surface area contributed by atoms with Crippen molar-refractivity contribution < 1.29 is 14.3 Å². The topological polar surface area (TPSA) is 59.6 Å². The third-order valence-electron chi connectivity index (χ3n) is 3.64. The van der Waals surface area contributed by atoms with Crippen molar-refractivity contribution >= 4 is 17.3 Å². The molecule has 0 aliphatic carbocycles. The standard InChI is InChI=1S/C18H20N2O3/c1-2-13-3-5-14(6-4-13)19-12-18(21)20-15-7-8-16-17(11-15)23-10-9-22-16/h3-8,11,19H,2,9-10,12H2,1H3,(H,20,21). The molecule has 0 saturated heterocycles. The van der Waals surface area contributed by atoms with Crippen molar-refractivity contribution in [3.05, 3.63) is 48.0 Å². The molecule has 0 saturated carbocycles. The first-order valence-corrected chi connectivity index (χ1v) is 7.77. The maximum absolute atomic E-state index is 12.0. The van der Waals surface area contributed by atoms with Gasteiger partial charge in [-0.1, -0.05) is 19.1 Å². The van der Waals surface area contributed by atoms with Gasteiger partial charge in [-0.15, -0.1) is 0 Å². The third kappa shape index (κ3) is 3.94. The fraction of sp³-hybridized carbons (Fsp3) is 0.278. The van der Waals surface area contributed by atoms with Gasteiger partial charge in [0.05, 0.1) is 6.54 Å². The van der Waals surface area contributed by atoms with Gasteiger partial charge in [0.25, 0.3) is 0 Å². The Hall–Kier alpha value is -2.69. The Morgan fingerprint density at radius 1 is 1.00 bits per heavy atom. The highest BCUT2D eigenvalue weighted by molar-refractivity contribution is 5.94. The Labute approximate surface area is 135 Å². The number of ether oxygens (including phenoxy) is 2. The van der Waals surface area contributed by atoms with Crippen LogP contribution in [0.2, 0.25) is 0 Å². The van der Waals surface area contributed by atoms with Crippen LogP contribution in [0, 0.1) is 0 Å². The summed E-state index contributed by atoms with van der Waals surface area (Å²) in [5.41, 5.74) is 2.90. The van der Waals surface area contributed by atoms with Gasteiger partial charge < -0.3 is 20.1 Å². The second-order valence-corrected chi connectivity index (χ2v) is 5.31. The van der Waals surface area contributed by atoms with E-state index in [0.29, 0.717) is 30.4 Å². The number of nitrogens with one attached hydrogen (secondary N) is 2. The van der Waals surface area contributed by atoms with Gasteiger partial charge in [0.15, 0.2) is 11.5 Å². The first-order chi connectivity index (χ1) is 11.2. The Kier molecular flexibility index (Phi) is 4.66. The van der Waals surface area contributed by atoms with Crippen molar-refractivity contribution in [1.82, 2.24) is 0 Å². The molecule has 1 amide bonds. The molecular weight excluding hydrogens is 292 g/mol. The molecule has 2 aromatic carbocycles. The quantitative estimate of drug-likeness (QED) is 0.891. The largest absolute Gasteiger partial charge is 0.486 e. The predicted molar refractivity (Wildman–Crippen MR) is 90.4 cm³/mol. The predicted octanol–water partition coefficient (Wildman–Crippen LogP) is 3.07. The highest BCUT2D eigenvalue weighted by Gasteiger charge is 2.12. The number of fused-ring (bicyclic) bond motifs is 1. The van der Waals surface area contributed by atoms with Crippen LogP contribution in [0.1, 0.15) is 12.5 Å². The number of hydrogen-bond donors (Lipinski definition) is 2. The Bertz CT molecular complexity index is 683. The molecule has 0 aromatic heterocycles. The lowest BCUT2D eigenvalue weighted by Gasteiger charge is -2.19. The molecule has 0 radical (unpaired) electrons. The van der Waals surface area contributed by atoms with Crippen LogP contribution in [0.25, 0.3) is 0 Å². The maximum atomic E-state index is 12.0. The van der Waals surface area contributed by atoms with Crippen molar-refractivity contribution in [3.63, 3.8) is 0 Å². The summed E-state index contributed by atoms with van der Waals surface area (Å²) < 4.78 is 11.0. The van der Waals surface area contributed by atoms with E-state index in [-0.39, 0.29) is 12.5 Å². The average molecular weight is 312 g/mol. The molecule has 5 nitrogen and oxygen atoms in total. The number of carbonyl (C=O) groups excluding carboxylic acids is 1. The highest BCUT2D eigenvalue weighted by atomic mass is 16.6. The molecule has 120 valence electrons. The molecule has 0 fully saturated rings.